The largest absolute Gasteiger partial charge is 0.493 e. The van der Waals surface area contributed by atoms with E-state index in [4.69, 9.17) is 23.7 Å². The molecule has 0 bridgehead atoms. The summed E-state index contributed by atoms with van der Waals surface area (Å²) in [5.41, 5.74) is 2.38. The third-order valence-electron chi connectivity index (χ3n) is 4.75. The van der Waals surface area contributed by atoms with Crippen LogP contribution in [-0.2, 0) is 12.8 Å². The van der Waals surface area contributed by atoms with Crippen LogP contribution in [-0.4, -0.2) is 39.4 Å². The van der Waals surface area contributed by atoms with Crippen molar-refractivity contribution >= 4 is 5.97 Å². The van der Waals surface area contributed by atoms with Crippen LogP contribution in [0.15, 0.2) is 54.9 Å². The molecule has 7 nitrogen and oxygen atoms in total. The molecular weight excluding hydrogens is 398 g/mol. The zero-order chi connectivity index (χ0) is 22.2. The molecule has 0 amide bonds. The maximum absolute atomic E-state index is 12.4. The zero-order valence-electron chi connectivity index (χ0n) is 18.0. The van der Waals surface area contributed by atoms with Gasteiger partial charge in [-0.15, -0.1) is 0 Å². The Morgan fingerprint density at radius 2 is 1.42 bits per heavy atom. The van der Waals surface area contributed by atoms with E-state index in [1.807, 2.05) is 24.3 Å². The molecule has 3 rings (SSSR count). The summed E-state index contributed by atoms with van der Waals surface area (Å²) in [5, 5.41) is 0. The number of aryl methyl sites for hydroxylation is 2. The fourth-order valence-electron chi connectivity index (χ4n) is 3.17. The molecule has 0 saturated carbocycles. The van der Waals surface area contributed by atoms with Gasteiger partial charge in [0.05, 0.1) is 34.0 Å². The molecule has 162 valence electrons. The maximum Gasteiger partial charge on any atom is 0.345 e. The summed E-state index contributed by atoms with van der Waals surface area (Å²) in [4.78, 5) is 16.4. The highest BCUT2D eigenvalue weighted by Gasteiger charge is 2.15. The predicted molar refractivity (Wildman–Crippen MR) is 116 cm³/mol. The van der Waals surface area contributed by atoms with E-state index in [9.17, 15) is 4.79 Å². The van der Waals surface area contributed by atoms with Gasteiger partial charge in [0.2, 0.25) is 5.75 Å². The van der Waals surface area contributed by atoms with E-state index in [0.717, 1.165) is 17.5 Å². The number of hydrogen-bond donors (Lipinski definition) is 0. The lowest BCUT2D eigenvalue weighted by Gasteiger charge is -2.14. The van der Waals surface area contributed by atoms with E-state index in [2.05, 4.69) is 4.98 Å². The molecule has 3 aromatic rings. The molecule has 0 fully saturated rings. The number of rotatable bonds is 9. The Morgan fingerprint density at radius 1 is 0.774 bits per heavy atom. The zero-order valence-corrected chi connectivity index (χ0v) is 18.0. The summed E-state index contributed by atoms with van der Waals surface area (Å²) >= 11 is 0. The number of methoxy groups -OCH3 is 4. The van der Waals surface area contributed by atoms with Gasteiger partial charge in [0.1, 0.15) is 0 Å². The van der Waals surface area contributed by atoms with Gasteiger partial charge in [-0.2, -0.15) is 0 Å². The molecule has 7 heteroatoms. The normalized spacial score (nSPS) is 10.3. The Labute approximate surface area is 181 Å². The van der Waals surface area contributed by atoms with Crippen LogP contribution in [0.25, 0.3) is 0 Å². The van der Waals surface area contributed by atoms with Crippen molar-refractivity contribution in [2.45, 2.75) is 12.8 Å². The third-order valence-corrected chi connectivity index (χ3v) is 4.75. The van der Waals surface area contributed by atoms with Crippen molar-refractivity contribution in [3.8, 4) is 28.7 Å². The number of ether oxygens (including phenoxy) is 5. The second-order valence-electron chi connectivity index (χ2n) is 6.65. The molecule has 0 radical (unpaired) electrons. The molecule has 0 N–H and O–H groups in total. The van der Waals surface area contributed by atoms with Gasteiger partial charge in [-0.1, -0.05) is 6.07 Å². The minimum Gasteiger partial charge on any atom is -0.493 e. The summed E-state index contributed by atoms with van der Waals surface area (Å²) in [6.07, 6.45) is 4.49. The summed E-state index contributed by atoms with van der Waals surface area (Å²) < 4.78 is 27.1. The lowest BCUT2D eigenvalue weighted by Crippen LogP contribution is -2.09. The Morgan fingerprint density at radius 3 is 2.00 bits per heavy atom. The van der Waals surface area contributed by atoms with Gasteiger partial charge in [0, 0.05) is 12.4 Å². The Hall–Kier alpha value is -3.74. The van der Waals surface area contributed by atoms with E-state index in [0.29, 0.717) is 40.7 Å². The number of carbonyl (C=O) groups is 1. The van der Waals surface area contributed by atoms with E-state index in [-0.39, 0.29) is 0 Å². The fourth-order valence-corrected chi connectivity index (χ4v) is 3.17. The standard InChI is InChI=1S/C24H25NO6/c1-27-19-10-9-16(12-20(19)31-24(26)18-6-5-11-25-15-18)7-8-17-13-21(28-2)23(30-4)22(14-17)29-3/h5-6,9-15H,7-8H2,1-4H3. The van der Waals surface area contributed by atoms with Gasteiger partial charge in [-0.3, -0.25) is 4.98 Å². The van der Waals surface area contributed by atoms with E-state index in [1.165, 1.54) is 13.3 Å². The van der Waals surface area contributed by atoms with Crippen LogP contribution in [0.1, 0.15) is 21.5 Å². The van der Waals surface area contributed by atoms with Crippen molar-refractivity contribution in [1.82, 2.24) is 4.98 Å². The fraction of sp³-hybridized carbons (Fsp3) is 0.250. The minimum atomic E-state index is -0.492. The summed E-state index contributed by atoms with van der Waals surface area (Å²) in [5.74, 6) is 2.12. The number of aromatic nitrogens is 1. The van der Waals surface area contributed by atoms with Crippen molar-refractivity contribution in [1.29, 1.82) is 0 Å². The second kappa shape index (κ2) is 10.3. The molecule has 1 heterocycles. The van der Waals surface area contributed by atoms with Gasteiger partial charge in [-0.05, 0) is 60.4 Å². The van der Waals surface area contributed by atoms with Crippen molar-refractivity contribution in [2.75, 3.05) is 28.4 Å². The average Bonchev–Trinajstić information content (AvgIpc) is 2.82. The number of esters is 1. The molecule has 0 spiro atoms. The van der Waals surface area contributed by atoms with Crippen molar-refractivity contribution in [3.05, 3.63) is 71.5 Å². The summed E-state index contributed by atoms with van der Waals surface area (Å²) in [7, 11) is 6.29. The molecule has 0 aliphatic carbocycles. The van der Waals surface area contributed by atoms with Crippen LogP contribution in [0.4, 0.5) is 0 Å². The monoisotopic (exact) mass is 423 g/mol. The maximum atomic E-state index is 12.4. The van der Waals surface area contributed by atoms with Crippen molar-refractivity contribution < 1.29 is 28.5 Å². The molecule has 0 saturated heterocycles. The van der Waals surface area contributed by atoms with E-state index >= 15 is 0 Å². The van der Waals surface area contributed by atoms with E-state index in [1.54, 1.807) is 45.7 Å². The lowest BCUT2D eigenvalue weighted by molar-refractivity contribution is 0.0729. The minimum absolute atomic E-state index is 0.360. The number of nitrogens with zero attached hydrogens (tertiary/aromatic N) is 1. The number of carbonyl (C=O) groups excluding carboxylic acids is 1. The first-order chi connectivity index (χ1) is 15.1. The van der Waals surface area contributed by atoms with E-state index < -0.39 is 5.97 Å². The molecule has 0 aliphatic rings. The van der Waals surface area contributed by atoms with Crippen LogP contribution in [0.2, 0.25) is 0 Å². The molecule has 1 aromatic heterocycles. The first-order valence-corrected chi connectivity index (χ1v) is 9.67. The van der Waals surface area contributed by atoms with Crippen LogP contribution >= 0.6 is 0 Å². The first kappa shape index (κ1) is 22.0. The highest BCUT2D eigenvalue weighted by molar-refractivity contribution is 5.91. The van der Waals surface area contributed by atoms with Gasteiger partial charge in [0.15, 0.2) is 23.0 Å². The SMILES string of the molecule is COc1ccc(CCc2cc(OC)c(OC)c(OC)c2)cc1OC(=O)c1cccnc1. The van der Waals surface area contributed by atoms with Crippen LogP contribution in [0.5, 0.6) is 28.7 Å². The Bertz CT molecular complexity index is 1010. The van der Waals surface area contributed by atoms with Gasteiger partial charge >= 0.3 is 5.97 Å². The smallest absolute Gasteiger partial charge is 0.345 e. The van der Waals surface area contributed by atoms with Crippen LogP contribution in [0.3, 0.4) is 0 Å². The molecule has 0 unspecified atom stereocenters. The third kappa shape index (κ3) is 5.25. The molecule has 31 heavy (non-hydrogen) atoms. The van der Waals surface area contributed by atoms with Crippen LogP contribution in [0, 0.1) is 0 Å². The van der Waals surface area contributed by atoms with Crippen molar-refractivity contribution in [3.63, 3.8) is 0 Å². The summed E-state index contributed by atoms with van der Waals surface area (Å²) in [6, 6.07) is 12.7. The highest BCUT2D eigenvalue weighted by Crippen LogP contribution is 2.38. The van der Waals surface area contributed by atoms with Crippen molar-refractivity contribution in [2.24, 2.45) is 0 Å². The molecule has 0 atom stereocenters. The molecular formula is C24H25NO6. The number of pyridine rings is 1. The first-order valence-electron chi connectivity index (χ1n) is 9.67. The number of benzene rings is 2. The Kier molecular flexibility index (Phi) is 7.32. The highest BCUT2D eigenvalue weighted by atomic mass is 16.6. The van der Waals surface area contributed by atoms with Crippen LogP contribution < -0.4 is 23.7 Å². The lowest BCUT2D eigenvalue weighted by atomic mass is 10.0. The molecule has 2 aromatic carbocycles. The van der Waals surface area contributed by atoms with Gasteiger partial charge < -0.3 is 23.7 Å². The predicted octanol–water partition coefficient (Wildman–Crippen LogP) is 4.12. The van der Waals surface area contributed by atoms with Gasteiger partial charge in [0.25, 0.3) is 0 Å². The summed E-state index contributed by atoms with van der Waals surface area (Å²) in [6.45, 7) is 0. The average molecular weight is 423 g/mol. The molecule has 0 aliphatic heterocycles. The quantitative estimate of drug-likeness (QED) is 0.378. The van der Waals surface area contributed by atoms with Gasteiger partial charge in [-0.25, -0.2) is 4.79 Å². The second-order valence-corrected chi connectivity index (χ2v) is 6.65. The number of hydrogen-bond acceptors (Lipinski definition) is 7. The Balaban J connectivity index is 1.78. The topological polar surface area (TPSA) is 76.1 Å².